The van der Waals surface area contributed by atoms with Crippen molar-refractivity contribution < 1.29 is 13.2 Å². The summed E-state index contributed by atoms with van der Waals surface area (Å²) in [6.45, 7) is 0.354. The summed E-state index contributed by atoms with van der Waals surface area (Å²) < 4.78 is 25.3. The maximum absolute atomic E-state index is 12.7. The molecule has 0 atom stereocenters. The lowest BCUT2D eigenvalue weighted by atomic mass is 10.3. The molecule has 1 aromatic heterocycles. The predicted octanol–water partition coefficient (Wildman–Crippen LogP) is 3.89. The second kappa shape index (κ2) is 8.20. The normalized spacial score (nSPS) is 11.0. The van der Waals surface area contributed by atoms with Crippen LogP contribution in [0, 0.1) is 0 Å². The van der Waals surface area contributed by atoms with Crippen LogP contribution in [0.3, 0.4) is 0 Å². The van der Waals surface area contributed by atoms with Gasteiger partial charge in [0.15, 0.2) is 0 Å². The van der Waals surface area contributed by atoms with Crippen molar-refractivity contribution in [2.75, 3.05) is 5.32 Å². The molecule has 2 aromatic carbocycles. The van der Waals surface area contributed by atoms with E-state index < -0.39 is 15.9 Å². The standard InChI is InChI=1S/C19H16ClN3O3S/c20-17-3-1-2-4-18(17)27(25,26)16-7-5-15(6-8-16)23-19(24)22-13-14-9-11-21-12-10-14/h1-12H,13H2,(H2,22,23,24). The van der Waals surface area contributed by atoms with Crippen LogP contribution in [0.2, 0.25) is 5.02 Å². The predicted molar refractivity (Wildman–Crippen MR) is 103 cm³/mol. The molecule has 0 unspecified atom stereocenters. The van der Waals surface area contributed by atoms with E-state index in [0.717, 1.165) is 5.56 Å². The lowest BCUT2D eigenvalue weighted by molar-refractivity contribution is 0.251. The van der Waals surface area contributed by atoms with Crippen molar-refractivity contribution in [1.82, 2.24) is 10.3 Å². The number of pyridine rings is 1. The Kier molecular flexibility index (Phi) is 5.73. The molecule has 27 heavy (non-hydrogen) atoms. The van der Waals surface area contributed by atoms with Gasteiger partial charge in [-0.1, -0.05) is 23.7 Å². The Morgan fingerprint density at radius 2 is 1.63 bits per heavy atom. The second-order valence-electron chi connectivity index (χ2n) is 5.62. The van der Waals surface area contributed by atoms with E-state index in [1.54, 1.807) is 36.7 Å². The van der Waals surface area contributed by atoms with Crippen LogP contribution in [0.25, 0.3) is 0 Å². The molecule has 6 nitrogen and oxygen atoms in total. The van der Waals surface area contributed by atoms with Gasteiger partial charge in [-0.3, -0.25) is 4.98 Å². The smallest absolute Gasteiger partial charge is 0.319 e. The third kappa shape index (κ3) is 4.64. The number of sulfone groups is 1. The van der Waals surface area contributed by atoms with Gasteiger partial charge in [0.2, 0.25) is 9.84 Å². The number of anilines is 1. The molecule has 138 valence electrons. The zero-order valence-corrected chi connectivity index (χ0v) is 15.7. The van der Waals surface area contributed by atoms with Gasteiger partial charge in [0.05, 0.1) is 14.8 Å². The molecule has 0 aliphatic carbocycles. The van der Waals surface area contributed by atoms with E-state index >= 15 is 0 Å². The van der Waals surface area contributed by atoms with Crippen molar-refractivity contribution in [1.29, 1.82) is 0 Å². The molecule has 2 N–H and O–H groups in total. The number of carbonyl (C=O) groups is 1. The highest BCUT2D eigenvalue weighted by atomic mass is 35.5. The van der Waals surface area contributed by atoms with Gasteiger partial charge in [-0.05, 0) is 54.1 Å². The first-order valence-electron chi connectivity index (χ1n) is 8.00. The molecule has 0 saturated heterocycles. The quantitative estimate of drug-likeness (QED) is 0.678. The third-order valence-electron chi connectivity index (χ3n) is 3.75. The van der Waals surface area contributed by atoms with E-state index in [1.165, 1.54) is 36.4 Å². The maximum atomic E-state index is 12.7. The highest BCUT2D eigenvalue weighted by molar-refractivity contribution is 7.91. The molecule has 0 spiro atoms. The molecule has 3 aromatic rings. The molecule has 0 aliphatic heterocycles. The summed E-state index contributed by atoms with van der Waals surface area (Å²) in [7, 11) is -3.73. The number of hydrogen-bond acceptors (Lipinski definition) is 4. The van der Waals surface area contributed by atoms with Crippen molar-refractivity contribution in [3.8, 4) is 0 Å². The molecule has 0 radical (unpaired) electrons. The Hall–Kier alpha value is -2.90. The summed E-state index contributed by atoms with van der Waals surface area (Å²) in [6, 6.07) is 15.4. The molecule has 3 rings (SSSR count). The summed E-state index contributed by atoms with van der Waals surface area (Å²) >= 11 is 6.00. The first-order chi connectivity index (χ1) is 13.0. The molecule has 1 heterocycles. The number of amides is 2. The highest BCUT2D eigenvalue weighted by Gasteiger charge is 2.20. The number of urea groups is 1. The zero-order chi connectivity index (χ0) is 19.3. The van der Waals surface area contributed by atoms with Crippen LogP contribution in [0.4, 0.5) is 10.5 Å². The lowest BCUT2D eigenvalue weighted by Gasteiger charge is -2.09. The number of nitrogens with zero attached hydrogens (tertiary/aromatic N) is 1. The Bertz CT molecular complexity index is 1040. The SMILES string of the molecule is O=C(NCc1ccncc1)Nc1ccc(S(=O)(=O)c2ccccc2Cl)cc1. The fourth-order valence-corrected chi connectivity index (χ4v) is 4.14. The van der Waals surface area contributed by atoms with E-state index in [-0.39, 0.29) is 14.8 Å². The average Bonchev–Trinajstić information content (AvgIpc) is 2.68. The Morgan fingerprint density at radius 3 is 2.30 bits per heavy atom. The number of carbonyl (C=O) groups excluding carboxylic acids is 1. The minimum Gasteiger partial charge on any atom is -0.334 e. The van der Waals surface area contributed by atoms with E-state index in [0.29, 0.717) is 12.2 Å². The van der Waals surface area contributed by atoms with E-state index in [1.807, 2.05) is 0 Å². The van der Waals surface area contributed by atoms with Crippen LogP contribution in [-0.4, -0.2) is 19.4 Å². The average molecular weight is 402 g/mol. The van der Waals surface area contributed by atoms with Crippen LogP contribution < -0.4 is 10.6 Å². The molecule has 2 amide bonds. The van der Waals surface area contributed by atoms with Gasteiger partial charge in [-0.2, -0.15) is 0 Å². The van der Waals surface area contributed by atoms with Gasteiger partial charge in [0.25, 0.3) is 0 Å². The highest BCUT2D eigenvalue weighted by Crippen LogP contribution is 2.27. The Morgan fingerprint density at radius 1 is 0.963 bits per heavy atom. The third-order valence-corrected chi connectivity index (χ3v) is 6.02. The summed E-state index contributed by atoms with van der Waals surface area (Å²) in [4.78, 5) is 16.0. The summed E-state index contributed by atoms with van der Waals surface area (Å²) in [5.41, 5.74) is 1.39. The first-order valence-corrected chi connectivity index (χ1v) is 9.86. The second-order valence-corrected chi connectivity index (χ2v) is 7.95. The number of benzene rings is 2. The lowest BCUT2D eigenvalue weighted by Crippen LogP contribution is -2.28. The topological polar surface area (TPSA) is 88.2 Å². The zero-order valence-electron chi connectivity index (χ0n) is 14.1. The van der Waals surface area contributed by atoms with Crippen LogP contribution in [-0.2, 0) is 16.4 Å². The van der Waals surface area contributed by atoms with Gasteiger partial charge in [-0.25, -0.2) is 13.2 Å². The molecule has 0 saturated carbocycles. The van der Waals surface area contributed by atoms with Crippen LogP contribution in [0.1, 0.15) is 5.56 Å². The number of halogens is 1. The molecule has 0 bridgehead atoms. The largest absolute Gasteiger partial charge is 0.334 e. The van der Waals surface area contributed by atoms with Gasteiger partial charge in [0.1, 0.15) is 0 Å². The van der Waals surface area contributed by atoms with E-state index in [9.17, 15) is 13.2 Å². The van der Waals surface area contributed by atoms with Gasteiger partial charge in [0, 0.05) is 24.6 Å². The molecule has 8 heteroatoms. The van der Waals surface area contributed by atoms with Crippen molar-refractivity contribution >= 4 is 33.2 Å². The number of rotatable bonds is 5. The maximum Gasteiger partial charge on any atom is 0.319 e. The van der Waals surface area contributed by atoms with Crippen molar-refractivity contribution in [3.63, 3.8) is 0 Å². The first kappa shape index (κ1) is 18.9. The van der Waals surface area contributed by atoms with E-state index in [2.05, 4.69) is 15.6 Å². The Balaban J connectivity index is 1.67. The van der Waals surface area contributed by atoms with Crippen LogP contribution in [0.15, 0.2) is 82.8 Å². The molecule has 0 fully saturated rings. The number of hydrogen-bond donors (Lipinski definition) is 2. The van der Waals surface area contributed by atoms with Crippen molar-refractivity contribution in [2.24, 2.45) is 0 Å². The van der Waals surface area contributed by atoms with Crippen LogP contribution >= 0.6 is 11.6 Å². The minimum absolute atomic E-state index is 0.0440. The monoisotopic (exact) mass is 401 g/mol. The van der Waals surface area contributed by atoms with Gasteiger partial charge >= 0.3 is 6.03 Å². The molecular formula is C19H16ClN3O3S. The fourth-order valence-electron chi connectivity index (χ4n) is 2.37. The van der Waals surface area contributed by atoms with Crippen LogP contribution in [0.5, 0.6) is 0 Å². The Labute approximate surface area is 162 Å². The molecule has 0 aliphatic rings. The van der Waals surface area contributed by atoms with E-state index in [4.69, 9.17) is 11.6 Å². The van der Waals surface area contributed by atoms with Gasteiger partial charge < -0.3 is 10.6 Å². The summed E-state index contributed by atoms with van der Waals surface area (Å²) in [5, 5.41) is 5.53. The van der Waals surface area contributed by atoms with Gasteiger partial charge in [-0.15, -0.1) is 0 Å². The van der Waals surface area contributed by atoms with Crippen molar-refractivity contribution in [3.05, 3.63) is 83.6 Å². The summed E-state index contributed by atoms with van der Waals surface area (Å²) in [5.74, 6) is 0. The van der Waals surface area contributed by atoms with Crippen molar-refractivity contribution in [2.45, 2.75) is 16.3 Å². The number of nitrogens with one attached hydrogen (secondary N) is 2. The fraction of sp³-hybridized carbons (Fsp3) is 0.0526. The number of aromatic nitrogens is 1. The minimum atomic E-state index is -3.73. The summed E-state index contributed by atoms with van der Waals surface area (Å²) in [6.07, 6.45) is 3.29. The molecular weight excluding hydrogens is 386 g/mol.